The van der Waals surface area contributed by atoms with Crippen molar-refractivity contribution in [1.82, 2.24) is 10.3 Å². The SMILES string of the molecule is O[C@H](CNCc1ccccn1)c1ccccc1. The number of benzene rings is 1. The summed E-state index contributed by atoms with van der Waals surface area (Å²) in [6.45, 7) is 1.20. The first-order valence-corrected chi connectivity index (χ1v) is 5.70. The highest BCUT2D eigenvalue weighted by Gasteiger charge is 2.05. The molecule has 2 rings (SSSR count). The number of aliphatic hydroxyl groups is 1. The largest absolute Gasteiger partial charge is 0.387 e. The first-order chi connectivity index (χ1) is 8.36. The number of hydrogen-bond acceptors (Lipinski definition) is 3. The zero-order valence-corrected chi connectivity index (χ0v) is 9.58. The molecule has 1 aromatic heterocycles. The van der Waals surface area contributed by atoms with E-state index in [0.29, 0.717) is 13.1 Å². The third-order valence-corrected chi connectivity index (χ3v) is 2.55. The molecule has 0 fully saturated rings. The van der Waals surface area contributed by atoms with E-state index in [9.17, 15) is 5.11 Å². The highest BCUT2D eigenvalue weighted by Crippen LogP contribution is 2.10. The van der Waals surface area contributed by atoms with Crippen LogP contribution in [-0.2, 0) is 6.54 Å². The van der Waals surface area contributed by atoms with E-state index in [-0.39, 0.29) is 0 Å². The number of rotatable bonds is 5. The van der Waals surface area contributed by atoms with E-state index in [4.69, 9.17) is 0 Å². The molecular weight excluding hydrogens is 212 g/mol. The normalized spacial score (nSPS) is 12.3. The molecule has 0 aliphatic carbocycles. The fraction of sp³-hybridized carbons (Fsp3) is 0.214. The van der Waals surface area contributed by atoms with Crippen LogP contribution >= 0.6 is 0 Å². The molecule has 0 radical (unpaired) electrons. The van der Waals surface area contributed by atoms with Crippen LogP contribution in [0.25, 0.3) is 0 Å². The van der Waals surface area contributed by atoms with Crippen molar-refractivity contribution in [2.75, 3.05) is 6.54 Å². The summed E-state index contributed by atoms with van der Waals surface area (Å²) in [6.07, 6.45) is 1.30. The van der Waals surface area contributed by atoms with Crippen LogP contribution in [-0.4, -0.2) is 16.6 Å². The van der Waals surface area contributed by atoms with Crippen LogP contribution in [0, 0.1) is 0 Å². The van der Waals surface area contributed by atoms with Crippen molar-refractivity contribution >= 4 is 0 Å². The molecule has 0 amide bonds. The summed E-state index contributed by atoms with van der Waals surface area (Å²) in [5.41, 5.74) is 1.91. The minimum absolute atomic E-state index is 0.472. The molecule has 0 unspecified atom stereocenters. The quantitative estimate of drug-likeness (QED) is 0.821. The molecule has 0 spiro atoms. The van der Waals surface area contributed by atoms with Gasteiger partial charge in [-0.15, -0.1) is 0 Å². The summed E-state index contributed by atoms with van der Waals surface area (Å²) in [7, 11) is 0. The molecule has 1 aromatic carbocycles. The Kier molecular flexibility index (Phi) is 4.24. The second-order valence-electron chi connectivity index (χ2n) is 3.88. The van der Waals surface area contributed by atoms with Gasteiger partial charge in [0.1, 0.15) is 0 Å². The molecule has 3 heteroatoms. The number of hydrogen-bond donors (Lipinski definition) is 2. The van der Waals surface area contributed by atoms with Crippen LogP contribution < -0.4 is 5.32 Å². The maximum Gasteiger partial charge on any atom is 0.0914 e. The molecule has 0 saturated carbocycles. The minimum atomic E-state index is -0.472. The van der Waals surface area contributed by atoms with Gasteiger partial charge in [0.25, 0.3) is 0 Å². The number of nitrogens with zero attached hydrogens (tertiary/aromatic N) is 1. The van der Waals surface area contributed by atoms with Gasteiger partial charge in [0.2, 0.25) is 0 Å². The molecule has 17 heavy (non-hydrogen) atoms. The molecular formula is C14H16N2O. The smallest absolute Gasteiger partial charge is 0.0914 e. The fourth-order valence-corrected chi connectivity index (χ4v) is 1.63. The van der Waals surface area contributed by atoms with Gasteiger partial charge in [-0.1, -0.05) is 36.4 Å². The lowest BCUT2D eigenvalue weighted by Crippen LogP contribution is -2.21. The molecule has 0 bridgehead atoms. The molecule has 2 N–H and O–H groups in total. The Morgan fingerprint density at radius 3 is 2.53 bits per heavy atom. The van der Waals surface area contributed by atoms with Gasteiger partial charge in [0.05, 0.1) is 11.8 Å². The Hall–Kier alpha value is -1.71. The van der Waals surface area contributed by atoms with Gasteiger partial charge in [-0.25, -0.2) is 0 Å². The van der Waals surface area contributed by atoms with Crippen LogP contribution in [0.15, 0.2) is 54.7 Å². The minimum Gasteiger partial charge on any atom is -0.387 e. The van der Waals surface area contributed by atoms with Gasteiger partial charge in [-0.05, 0) is 17.7 Å². The van der Waals surface area contributed by atoms with Gasteiger partial charge < -0.3 is 10.4 Å². The average Bonchev–Trinajstić information content (AvgIpc) is 2.41. The van der Waals surface area contributed by atoms with Gasteiger partial charge in [-0.2, -0.15) is 0 Å². The van der Waals surface area contributed by atoms with E-state index in [0.717, 1.165) is 11.3 Å². The molecule has 0 saturated heterocycles. The molecule has 88 valence electrons. The predicted molar refractivity (Wildman–Crippen MR) is 67.3 cm³/mol. The van der Waals surface area contributed by atoms with Crippen LogP contribution in [0.3, 0.4) is 0 Å². The lowest BCUT2D eigenvalue weighted by molar-refractivity contribution is 0.174. The number of aliphatic hydroxyl groups excluding tert-OH is 1. The van der Waals surface area contributed by atoms with Gasteiger partial charge in [-0.3, -0.25) is 4.98 Å². The number of aromatic nitrogens is 1. The lowest BCUT2D eigenvalue weighted by atomic mass is 10.1. The van der Waals surface area contributed by atoms with E-state index in [1.807, 2.05) is 48.5 Å². The summed E-state index contributed by atoms with van der Waals surface area (Å²) < 4.78 is 0. The number of pyridine rings is 1. The third-order valence-electron chi connectivity index (χ3n) is 2.55. The Morgan fingerprint density at radius 2 is 1.82 bits per heavy atom. The fourth-order valence-electron chi connectivity index (χ4n) is 1.63. The molecule has 3 nitrogen and oxygen atoms in total. The van der Waals surface area contributed by atoms with E-state index in [2.05, 4.69) is 10.3 Å². The van der Waals surface area contributed by atoms with Crippen molar-refractivity contribution in [3.8, 4) is 0 Å². The highest BCUT2D eigenvalue weighted by molar-refractivity contribution is 5.17. The van der Waals surface area contributed by atoms with Crippen LogP contribution in [0.4, 0.5) is 0 Å². The van der Waals surface area contributed by atoms with Crippen LogP contribution in [0.5, 0.6) is 0 Å². The molecule has 1 heterocycles. The highest BCUT2D eigenvalue weighted by atomic mass is 16.3. The van der Waals surface area contributed by atoms with Crippen LogP contribution in [0.2, 0.25) is 0 Å². The van der Waals surface area contributed by atoms with Crippen molar-refractivity contribution < 1.29 is 5.11 Å². The average molecular weight is 228 g/mol. The second-order valence-corrected chi connectivity index (χ2v) is 3.88. The monoisotopic (exact) mass is 228 g/mol. The molecule has 0 aliphatic heterocycles. The van der Waals surface area contributed by atoms with Crippen molar-refractivity contribution in [3.63, 3.8) is 0 Å². The Bertz CT molecular complexity index is 430. The Morgan fingerprint density at radius 1 is 1.06 bits per heavy atom. The van der Waals surface area contributed by atoms with Gasteiger partial charge in [0, 0.05) is 19.3 Å². The van der Waals surface area contributed by atoms with E-state index < -0.39 is 6.10 Å². The van der Waals surface area contributed by atoms with Crippen molar-refractivity contribution in [1.29, 1.82) is 0 Å². The summed E-state index contributed by atoms with van der Waals surface area (Å²) in [5.74, 6) is 0. The maximum atomic E-state index is 9.92. The lowest BCUT2D eigenvalue weighted by Gasteiger charge is -2.11. The zero-order valence-electron chi connectivity index (χ0n) is 9.58. The summed E-state index contributed by atoms with van der Waals surface area (Å²) in [5, 5.41) is 13.1. The predicted octanol–water partition coefficient (Wildman–Crippen LogP) is 1.90. The Labute approximate surface area is 101 Å². The van der Waals surface area contributed by atoms with Crippen molar-refractivity contribution in [2.45, 2.75) is 12.6 Å². The van der Waals surface area contributed by atoms with Crippen molar-refractivity contribution in [3.05, 3.63) is 66.0 Å². The molecule has 1 atom stereocenters. The zero-order chi connectivity index (χ0) is 11.9. The maximum absolute atomic E-state index is 9.92. The van der Waals surface area contributed by atoms with Crippen molar-refractivity contribution in [2.24, 2.45) is 0 Å². The van der Waals surface area contributed by atoms with Gasteiger partial charge in [0.15, 0.2) is 0 Å². The van der Waals surface area contributed by atoms with E-state index in [1.165, 1.54) is 0 Å². The summed E-state index contributed by atoms with van der Waals surface area (Å²) >= 11 is 0. The van der Waals surface area contributed by atoms with Crippen LogP contribution in [0.1, 0.15) is 17.4 Å². The Balaban J connectivity index is 1.79. The topological polar surface area (TPSA) is 45.1 Å². The van der Waals surface area contributed by atoms with E-state index >= 15 is 0 Å². The molecule has 0 aliphatic rings. The second kappa shape index (κ2) is 6.13. The van der Waals surface area contributed by atoms with E-state index in [1.54, 1.807) is 6.20 Å². The summed E-state index contributed by atoms with van der Waals surface area (Å²) in [6, 6.07) is 15.5. The summed E-state index contributed by atoms with van der Waals surface area (Å²) in [4.78, 5) is 4.20. The first kappa shape index (κ1) is 11.8. The molecule has 2 aromatic rings. The first-order valence-electron chi connectivity index (χ1n) is 5.70. The van der Waals surface area contributed by atoms with Gasteiger partial charge >= 0.3 is 0 Å². The standard InChI is InChI=1S/C14H16N2O/c17-14(12-6-2-1-3-7-12)11-15-10-13-8-4-5-9-16-13/h1-9,14-15,17H,10-11H2/t14-/m1/s1. The number of nitrogens with one attached hydrogen (secondary N) is 1. The third kappa shape index (κ3) is 3.66.